The number of amidine groups is 1. The summed E-state index contributed by atoms with van der Waals surface area (Å²) in [6, 6.07) is 11.3. The molecule has 0 atom stereocenters. The third-order valence-corrected chi connectivity index (χ3v) is 4.94. The van der Waals surface area contributed by atoms with Crippen molar-refractivity contribution in [3.05, 3.63) is 52.9 Å². The molecule has 0 saturated carbocycles. The summed E-state index contributed by atoms with van der Waals surface area (Å²) in [5, 5.41) is 10.3. The average Bonchev–Trinajstić information content (AvgIpc) is 2.89. The Bertz CT molecular complexity index is 677. The Morgan fingerprint density at radius 2 is 2.10 bits per heavy atom. The van der Waals surface area contributed by atoms with Gasteiger partial charge in [-0.15, -0.1) is 23.1 Å². The van der Waals surface area contributed by atoms with Gasteiger partial charge in [-0.05, 0) is 24.0 Å². The van der Waals surface area contributed by atoms with Crippen LogP contribution < -0.4 is 11.1 Å². The second-order valence-electron chi connectivity index (χ2n) is 4.16. The van der Waals surface area contributed by atoms with E-state index in [0.717, 1.165) is 9.77 Å². The van der Waals surface area contributed by atoms with Gasteiger partial charge < -0.3 is 11.1 Å². The topological polar surface area (TPSA) is 79.0 Å². The highest BCUT2D eigenvalue weighted by atomic mass is 32.2. The van der Waals surface area contributed by atoms with E-state index >= 15 is 0 Å². The van der Waals surface area contributed by atoms with Gasteiger partial charge in [-0.1, -0.05) is 30.3 Å². The molecule has 4 N–H and O–H groups in total. The molecular weight excluding hydrogens is 302 g/mol. The maximum absolute atomic E-state index is 11.9. The first kappa shape index (κ1) is 15.3. The van der Waals surface area contributed by atoms with E-state index < -0.39 is 0 Å². The molecule has 0 spiro atoms. The van der Waals surface area contributed by atoms with Gasteiger partial charge in [-0.2, -0.15) is 0 Å². The van der Waals surface area contributed by atoms with Crippen molar-refractivity contribution in [2.75, 3.05) is 11.6 Å². The lowest BCUT2D eigenvalue weighted by Gasteiger charge is -2.01. The van der Waals surface area contributed by atoms with Crippen molar-refractivity contribution in [2.45, 2.75) is 4.21 Å². The van der Waals surface area contributed by atoms with Gasteiger partial charge in [0.15, 0.2) is 0 Å². The number of thioether (sulfide) groups is 1. The summed E-state index contributed by atoms with van der Waals surface area (Å²) in [6.45, 7) is 0. The molecule has 2 rings (SSSR count). The first-order chi connectivity index (χ1) is 10.1. The largest absolute Gasteiger partial charge is 0.383 e. The lowest BCUT2D eigenvalue weighted by Crippen LogP contribution is -2.09. The number of anilines is 1. The van der Waals surface area contributed by atoms with E-state index in [0.29, 0.717) is 10.6 Å². The smallest absolute Gasteiger partial charge is 0.248 e. The number of hydrogen-bond donors (Lipinski definition) is 3. The zero-order valence-corrected chi connectivity index (χ0v) is 13.1. The molecule has 0 radical (unpaired) electrons. The molecule has 0 aliphatic heterocycles. The molecule has 2 aromatic rings. The standard InChI is InChI=1S/C15H15N3OS2/c1-20-15-11(9-12(21-15)14(16)17)18-13(19)8-7-10-5-3-2-4-6-10/h2-9H,1H3,(H3,16,17)(H,18,19). The highest BCUT2D eigenvalue weighted by Crippen LogP contribution is 2.34. The number of nitrogens with two attached hydrogens (primary N) is 1. The third-order valence-electron chi connectivity index (χ3n) is 2.63. The van der Waals surface area contributed by atoms with Gasteiger partial charge in [-0.3, -0.25) is 10.2 Å². The molecule has 108 valence electrons. The minimum absolute atomic E-state index is 0.00984. The number of thiophene rings is 1. The van der Waals surface area contributed by atoms with Gasteiger partial charge in [0, 0.05) is 6.08 Å². The molecule has 0 aliphatic carbocycles. The Kier molecular flexibility index (Phi) is 5.19. The summed E-state index contributed by atoms with van der Waals surface area (Å²) in [5.41, 5.74) is 7.13. The zero-order chi connectivity index (χ0) is 15.2. The predicted octanol–water partition coefficient (Wildman–Crippen LogP) is 3.41. The first-order valence-electron chi connectivity index (χ1n) is 6.16. The van der Waals surface area contributed by atoms with E-state index in [1.165, 1.54) is 29.2 Å². The number of benzene rings is 1. The number of rotatable bonds is 5. The Morgan fingerprint density at radius 3 is 2.71 bits per heavy atom. The van der Waals surface area contributed by atoms with E-state index in [-0.39, 0.29) is 11.7 Å². The van der Waals surface area contributed by atoms with E-state index in [9.17, 15) is 4.79 Å². The normalized spacial score (nSPS) is 10.7. The second-order valence-corrected chi connectivity index (χ2v) is 6.29. The van der Waals surface area contributed by atoms with E-state index in [1.807, 2.05) is 36.6 Å². The minimum Gasteiger partial charge on any atom is -0.383 e. The molecule has 4 nitrogen and oxygen atoms in total. The molecule has 0 saturated heterocycles. The van der Waals surface area contributed by atoms with E-state index in [2.05, 4.69) is 5.32 Å². The fourth-order valence-corrected chi connectivity index (χ4v) is 3.30. The number of nitrogen functional groups attached to an aromatic ring is 1. The quantitative estimate of drug-likeness (QED) is 0.342. The lowest BCUT2D eigenvalue weighted by atomic mass is 10.2. The number of carbonyl (C=O) groups excluding carboxylic acids is 1. The van der Waals surface area contributed by atoms with Crippen LogP contribution in [0.2, 0.25) is 0 Å². The molecule has 21 heavy (non-hydrogen) atoms. The summed E-state index contributed by atoms with van der Waals surface area (Å²) in [4.78, 5) is 12.6. The van der Waals surface area contributed by atoms with Crippen molar-refractivity contribution < 1.29 is 4.79 Å². The maximum atomic E-state index is 11.9. The fourth-order valence-electron chi connectivity index (χ4n) is 1.66. The number of amides is 1. The summed E-state index contributed by atoms with van der Waals surface area (Å²) in [5.74, 6) is -0.197. The second kappa shape index (κ2) is 7.10. The van der Waals surface area contributed by atoms with Crippen LogP contribution in [0.25, 0.3) is 6.08 Å². The van der Waals surface area contributed by atoms with Crippen molar-refractivity contribution in [3.63, 3.8) is 0 Å². The van der Waals surface area contributed by atoms with Gasteiger partial charge >= 0.3 is 0 Å². The van der Waals surface area contributed by atoms with Crippen molar-refractivity contribution in [1.29, 1.82) is 5.41 Å². The number of nitrogens with one attached hydrogen (secondary N) is 2. The highest BCUT2D eigenvalue weighted by molar-refractivity contribution is 8.00. The summed E-state index contributed by atoms with van der Waals surface area (Å²) in [7, 11) is 0. The maximum Gasteiger partial charge on any atom is 0.248 e. The summed E-state index contributed by atoms with van der Waals surface area (Å²) >= 11 is 2.92. The molecule has 1 heterocycles. The van der Waals surface area contributed by atoms with Crippen LogP contribution in [0.3, 0.4) is 0 Å². The predicted molar refractivity (Wildman–Crippen MR) is 91.2 cm³/mol. The zero-order valence-electron chi connectivity index (χ0n) is 11.4. The van der Waals surface area contributed by atoms with Crippen LogP contribution in [-0.4, -0.2) is 18.0 Å². The van der Waals surface area contributed by atoms with Crippen molar-refractivity contribution >= 4 is 46.6 Å². The Balaban J connectivity index is 2.09. The monoisotopic (exact) mass is 317 g/mol. The van der Waals surface area contributed by atoms with Crippen LogP contribution >= 0.6 is 23.1 Å². The van der Waals surface area contributed by atoms with Crippen LogP contribution in [0.5, 0.6) is 0 Å². The van der Waals surface area contributed by atoms with Crippen LogP contribution in [0.1, 0.15) is 10.4 Å². The van der Waals surface area contributed by atoms with E-state index in [1.54, 1.807) is 12.1 Å². The van der Waals surface area contributed by atoms with Crippen molar-refractivity contribution in [3.8, 4) is 0 Å². The minimum atomic E-state index is -0.206. The molecule has 0 fully saturated rings. The van der Waals surface area contributed by atoms with Crippen molar-refractivity contribution in [2.24, 2.45) is 5.73 Å². The Morgan fingerprint density at radius 1 is 1.38 bits per heavy atom. The van der Waals surface area contributed by atoms with Crippen LogP contribution in [0, 0.1) is 5.41 Å². The van der Waals surface area contributed by atoms with Crippen LogP contribution in [0.15, 0.2) is 46.7 Å². The first-order valence-corrected chi connectivity index (χ1v) is 8.20. The van der Waals surface area contributed by atoms with Gasteiger partial charge in [0.05, 0.1) is 14.8 Å². The number of carbonyl (C=O) groups is 1. The molecule has 0 bridgehead atoms. The average molecular weight is 317 g/mol. The van der Waals surface area contributed by atoms with Crippen molar-refractivity contribution in [1.82, 2.24) is 0 Å². The Hall–Kier alpha value is -2.05. The lowest BCUT2D eigenvalue weighted by molar-refractivity contribution is -0.111. The third kappa shape index (κ3) is 4.21. The molecule has 6 heteroatoms. The van der Waals surface area contributed by atoms with Gasteiger partial charge in [0.2, 0.25) is 5.91 Å². The molecule has 1 aromatic carbocycles. The molecule has 0 unspecified atom stereocenters. The van der Waals surface area contributed by atoms with Gasteiger partial charge in [-0.25, -0.2) is 0 Å². The van der Waals surface area contributed by atoms with Crippen LogP contribution in [0.4, 0.5) is 5.69 Å². The Labute approximate surface area is 131 Å². The molecule has 1 aromatic heterocycles. The van der Waals surface area contributed by atoms with E-state index in [4.69, 9.17) is 11.1 Å². The summed E-state index contributed by atoms with van der Waals surface area (Å²) in [6.07, 6.45) is 5.17. The van der Waals surface area contributed by atoms with Crippen LogP contribution in [-0.2, 0) is 4.79 Å². The van der Waals surface area contributed by atoms with Gasteiger partial charge in [0.25, 0.3) is 0 Å². The fraction of sp³-hybridized carbons (Fsp3) is 0.0667. The molecule has 1 amide bonds. The number of hydrogen-bond acceptors (Lipinski definition) is 4. The SMILES string of the molecule is CSc1sc(C(=N)N)cc1NC(=O)C=Cc1ccccc1. The van der Waals surface area contributed by atoms with Gasteiger partial charge in [0.1, 0.15) is 5.84 Å². The molecular formula is C15H15N3OS2. The molecule has 0 aliphatic rings. The summed E-state index contributed by atoms with van der Waals surface area (Å²) < 4.78 is 0.932. The highest BCUT2D eigenvalue weighted by Gasteiger charge is 2.11.